The Morgan fingerprint density at radius 3 is 2.52 bits per heavy atom. The molecule has 0 fully saturated rings. The van der Waals surface area contributed by atoms with Gasteiger partial charge in [-0.3, -0.25) is 4.72 Å². The zero-order valence-corrected chi connectivity index (χ0v) is 11.7. The molecule has 6 nitrogen and oxygen atoms in total. The van der Waals surface area contributed by atoms with Gasteiger partial charge in [-0.05, 0) is 53.1 Å². The molecule has 2 aromatic carbocycles. The first-order valence-electron chi connectivity index (χ1n) is 5.97. The second-order valence-corrected chi connectivity index (χ2v) is 6.08. The van der Waals surface area contributed by atoms with E-state index in [1.54, 1.807) is 19.1 Å². The minimum absolute atomic E-state index is 0.00873. The first-order chi connectivity index (χ1) is 9.97. The Kier molecular flexibility index (Phi) is 3.09. The molecule has 0 atom stereocenters. The van der Waals surface area contributed by atoms with Gasteiger partial charge in [0.2, 0.25) is 0 Å². The van der Waals surface area contributed by atoms with E-state index in [0.717, 1.165) is 0 Å². The van der Waals surface area contributed by atoms with Crippen LogP contribution in [0.15, 0.2) is 45.9 Å². The molecule has 0 aliphatic carbocycles. The summed E-state index contributed by atoms with van der Waals surface area (Å²) in [7, 11) is -3.89. The molecule has 3 rings (SSSR count). The lowest BCUT2D eigenvalue weighted by Crippen LogP contribution is -2.15. The van der Waals surface area contributed by atoms with E-state index in [0.29, 0.717) is 11.1 Å². The summed E-state index contributed by atoms with van der Waals surface area (Å²) in [6, 6.07) is 8.25. The number of aryl methyl sites for hydroxylation is 1. The molecule has 3 aromatic rings. The lowest BCUT2D eigenvalue weighted by atomic mass is 10.2. The van der Waals surface area contributed by atoms with E-state index in [2.05, 4.69) is 19.7 Å². The first kappa shape index (κ1) is 13.5. The molecule has 108 valence electrons. The number of aromatic nitrogens is 2. The quantitative estimate of drug-likeness (QED) is 0.803. The zero-order chi connectivity index (χ0) is 15.0. The largest absolute Gasteiger partial charge is 0.280 e. The van der Waals surface area contributed by atoms with Crippen molar-refractivity contribution in [2.75, 3.05) is 4.72 Å². The third-order valence-electron chi connectivity index (χ3n) is 2.94. The van der Waals surface area contributed by atoms with Crippen LogP contribution in [0.25, 0.3) is 11.0 Å². The van der Waals surface area contributed by atoms with Gasteiger partial charge in [0.05, 0.1) is 0 Å². The van der Waals surface area contributed by atoms with Gasteiger partial charge in [-0.1, -0.05) is 6.07 Å². The maximum absolute atomic E-state index is 12.9. The van der Waals surface area contributed by atoms with Crippen LogP contribution >= 0.6 is 0 Å². The average Bonchev–Trinajstić information content (AvgIpc) is 2.88. The molecule has 0 saturated heterocycles. The van der Waals surface area contributed by atoms with Gasteiger partial charge in [-0.15, -0.1) is 0 Å². The van der Waals surface area contributed by atoms with Crippen LogP contribution in [0.2, 0.25) is 0 Å². The Labute approximate surface area is 119 Å². The molecular weight excluding hydrogens is 297 g/mol. The third kappa shape index (κ3) is 2.45. The molecule has 1 aromatic heterocycles. The van der Waals surface area contributed by atoms with Crippen LogP contribution in [-0.2, 0) is 10.0 Å². The molecule has 0 unspecified atom stereocenters. The molecule has 8 heteroatoms. The van der Waals surface area contributed by atoms with Gasteiger partial charge in [0.15, 0.2) is 5.52 Å². The van der Waals surface area contributed by atoms with E-state index in [1.807, 2.05) is 0 Å². The summed E-state index contributed by atoms with van der Waals surface area (Å²) in [5, 5.41) is 7.26. The van der Waals surface area contributed by atoms with Gasteiger partial charge in [-0.2, -0.15) is 0 Å². The second kappa shape index (κ2) is 4.81. The predicted octanol–water partition coefficient (Wildman–Crippen LogP) is 2.47. The summed E-state index contributed by atoms with van der Waals surface area (Å²) in [5.41, 5.74) is 1.27. The molecule has 1 N–H and O–H groups in total. The number of anilines is 1. The van der Waals surface area contributed by atoms with Crippen molar-refractivity contribution < 1.29 is 17.4 Å². The molecule has 1 heterocycles. The zero-order valence-electron chi connectivity index (χ0n) is 10.9. The standard InChI is InChI=1S/C13H10FN3O3S/c1-8-2-7-11-12(16-20-15-11)13(8)21(18,19)17-10-5-3-9(14)4-6-10/h2-7,17H,1H3. The Morgan fingerprint density at radius 1 is 1.10 bits per heavy atom. The molecule has 0 radical (unpaired) electrons. The van der Waals surface area contributed by atoms with Crippen LogP contribution in [0.1, 0.15) is 5.56 Å². The Bertz CT molecular complexity index is 904. The highest BCUT2D eigenvalue weighted by Crippen LogP contribution is 2.26. The van der Waals surface area contributed by atoms with E-state index in [1.165, 1.54) is 24.3 Å². The molecule has 0 saturated carbocycles. The number of hydrogen-bond donors (Lipinski definition) is 1. The number of nitrogens with one attached hydrogen (secondary N) is 1. The summed E-state index contributed by atoms with van der Waals surface area (Å²) in [6.45, 7) is 1.65. The molecule has 0 aliphatic heterocycles. The molecular formula is C13H10FN3O3S. The molecule has 0 spiro atoms. The highest BCUT2D eigenvalue weighted by Gasteiger charge is 2.23. The Morgan fingerprint density at radius 2 is 1.81 bits per heavy atom. The summed E-state index contributed by atoms with van der Waals surface area (Å²) >= 11 is 0. The van der Waals surface area contributed by atoms with Crippen molar-refractivity contribution in [1.29, 1.82) is 0 Å². The van der Waals surface area contributed by atoms with Gasteiger partial charge >= 0.3 is 0 Å². The van der Waals surface area contributed by atoms with E-state index in [-0.39, 0.29) is 16.1 Å². The van der Waals surface area contributed by atoms with Gasteiger partial charge in [0.1, 0.15) is 16.2 Å². The van der Waals surface area contributed by atoms with E-state index < -0.39 is 15.8 Å². The lowest BCUT2D eigenvalue weighted by molar-refractivity contribution is 0.315. The fourth-order valence-corrected chi connectivity index (χ4v) is 3.43. The van der Waals surface area contributed by atoms with Crippen LogP contribution in [0, 0.1) is 12.7 Å². The van der Waals surface area contributed by atoms with Crippen molar-refractivity contribution in [1.82, 2.24) is 10.3 Å². The van der Waals surface area contributed by atoms with Gasteiger partial charge < -0.3 is 0 Å². The summed E-state index contributed by atoms with van der Waals surface area (Å²) in [6.07, 6.45) is 0. The maximum Gasteiger partial charge on any atom is 0.264 e. The van der Waals surface area contributed by atoms with Crippen molar-refractivity contribution in [2.45, 2.75) is 11.8 Å². The molecule has 0 aliphatic rings. The van der Waals surface area contributed by atoms with Crippen LogP contribution < -0.4 is 4.72 Å². The monoisotopic (exact) mass is 307 g/mol. The van der Waals surface area contributed by atoms with Crippen molar-refractivity contribution in [3.05, 3.63) is 47.8 Å². The Hall–Kier alpha value is -2.48. The fraction of sp³-hybridized carbons (Fsp3) is 0.0769. The minimum Gasteiger partial charge on any atom is -0.280 e. The lowest BCUT2D eigenvalue weighted by Gasteiger charge is -2.10. The predicted molar refractivity (Wildman–Crippen MR) is 73.7 cm³/mol. The number of hydrogen-bond acceptors (Lipinski definition) is 5. The summed E-state index contributed by atoms with van der Waals surface area (Å²) < 4.78 is 44.8. The third-order valence-corrected chi connectivity index (χ3v) is 4.50. The van der Waals surface area contributed by atoms with Crippen LogP contribution in [0.4, 0.5) is 10.1 Å². The minimum atomic E-state index is -3.89. The number of fused-ring (bicyclic) bond motifs is 1. The van der Waals surface area contributed by atoms with E-state index in [9.17, 15) is 12.8 Å². The van der Waals surface area contributed by atoms with E-state index in [4.69, 9.17) is 0 Å². The first-order valence-corrected chi connectivity index (χ1v) is 7.46. The van der Waals surface area contributed by atoms with Gasteiger partial charge in [-0.25, -0.2) is 17.4 Å². The molecule has 21 heavy (non-hydrogen) atoms. The number of sulfonamides is 1. The number of halogens is 1. The number of nitrogens with zero attached hydrogens (tertiary/aromatic N) is 2. The molecule has 0 bridgehead atoms. The van der Waals surface area contributed by atoms with Gasteiger partial charge in [0, 0.05) is 5.69 Å². The fourth-order valence-electron chi connectivity index (χ4n) is 1.99. The number of benzene rings is 2. The Balaban J connectivity index is 2.10. The SMILES string of the molecule is Cc1ccc2nonc2c1S(=O)(=O)Nc1ccc(F)cc1. The van der Waals surface area contributed by atoms with Crippen LogP contribution in [0.5, 0.6) is 0 Å². The normalized spacial score (nSPS) is 11.7. The second-order valence-electron chi connectivity index (χ2n) is 4.46. The summed E-state index contributed by atoms with van der Waals surface area (Å²) in [5.74, 6) is -0.447. The van der Waals surface area contributed by atoms with Crippen molar-refractivity contribution in [2.24, 2.45) is 0 Å². The van der Waals surface area contributed by atoms with E-state index >= 15 is 0 Å². The van der Waals surface area contributed by atoms with Crippen LogP contribution in [0.3, 0.4) is 0 Å². The summed E-state index contributed by atoms with van der Waals surface area (Å²) in [4.78, 5) is -0.00873. The topological polar surface area (TPSA) is 85.1 Å². The maximum atomic E-state index is 12.9. The highest BCUT2D eigenvalue weighted by atomic mass is 32.2. The van der Waals surface area contributed by atoms with Gasteiger partial charge in [0.25, 0.3) is 10.0 Å². The average molecular weight is 307 g/mol. The number of rotatable bonds is 3. The molecule has 0 amide bonds. The highest BCUT2D eigenvalue weighted by molar-refractivity contribution is 7.93. The van der Waals surface area contributed by atoms with Crippen molar-refractivity contribution in [3.8, 4) is 0 Å². The van der Waals surface area contributed by atoms with Crippen molar-refractivity contribution >= 4 is 26.7 Å². The van der Waals surface area contributed by atoms with Crippen molar-refractivity contribution in [3.63, 3.8) is 0 Å². The smallest absolute Gasteiger partial charge is 0.264 e. The van der Waals surface area contributed by atoms with Crippen LogP contribution in [-0.4, -0.2) is 18.7 Å².